The van der Waals surface area contributed by atoms with Crippen molar-refractivity contribution in [2.24, 2.45) is 7.05 Å². The summed E-state index contributed by atoms with van der Waals surface area (Å²) in [7, 11) is 3.33. The summed E-state index contributed by atoms with van der Waals surface area (Å²) in [5.41, 5.74) is 0. The van der Waals surface area contributed by atoms with Crippen molar-refractivity contribution in [3.63, 3.8) is 0 Å². The number of carbonyl (C=O) groups excluding carboxylic acids is 1. The molecule has 1 N–H and O–H groups in total. The van der Waals surface area contributed by atoms with Gasteiger partial charge in [0.2, 0.25) is 5.88 Å². The minimum absolute atomic E-state index is 0.0297. The lowest BCUT2D eigenvalue weighted by Gasteiger charge is -2.28. The van der Waals surface area contributed by atoms with E-state index in [2.05, 4.69) is 17.3 Å². The summed E-state index contributed by atoms with van der Waals surface area (Å²) in [6.07, 6.45) is 4.99. The van der Waals surface area contributed by atoms with Gasteiger partial charge in [-0.25, -0.2) is 9.48 Å². The summed E-state index contributed by atoms with van der Waals surface area (Å²) in [5.74, 6) is 2.91. The summed E-state index contributed by atoms with van der Waals surface area (Å²) < 4.78 is 12.7. The van der Waals surface area contributed by atoms with Crippen LogP contribution >= 0.6 is 0 Å². The molecule has 0 radical (unpaired) electrons. The van der Waals surface area contributed by atoms with E-state index in [1.165, 1.54) is 0 Å². The zero-order valence-corrected chi connectivity index (χ0v) is 15.1. The Bertz CT molecular complexity index is 722. The second kappa shape index (κ2) is 7.63. The molecule has 1 fully saturated rings. The fraction of sp³-hybridized carbons (Fsp3) is 0.556. The summed E-state index contributed by atoms with van der Waals surface area (Å²) >= 11 is 0. The van der Waals surface area contributed by atoms with Gasteiger partial charge in [0.1, 0.15) is 17.3 Å². The lowest BCUT2D eigenvalue weighted by atomic mass is 10.1. The Kier molecular flexibility index (Phi) is 5.31. The summed E-state index contributed by atoms with van der Waals surface area (Å²) in [6, 6.07) is 5.56. The first-order valence-electron chi connectivity index (χ1n) is 8.86. The molecule has 7 nitrogen and oxygen atoms in total. The molecule has 0 saturated carbocycles. The Morgan fingerprint density at radius 1 is 1.40 bits per heavy atom. The van der Waals surface area contributed by atoms with Gasteiger partial charge in [0.05, 0.1) is 13.2 Å². The Morgan fingerprint density at radius 2 is 2.24 bits per heavy atom. The summed E-state index contributed by atoms with van der Waals surface area (Å²) in [4.78, 5) is 14.8. The van der Waals surface area contributed by atoms with E-state index in [-0.39, 0.29) is 12.1 Å². The van der Waals surface area contributed by atoms with Gasteiger partial charge in [-0.3, -0.25) is 5.32 Å². The van der Waals surface area contributed by atoms with Crippen LogP contribution in [0.15, 0.2) is 22.6 Å². The highest BCUT2D eigenvalue weighted by Crippen LogP contribution is 2.32. The van der Waals surface area contributed by atoms with Crippen LogP contribution in [0.5, 0.6) is 5.88 Å². The average Bonchev–Trinajstić information content (AvgIpc) is 3.14. The van der Waals surface area contributed by atoms with E-state index in [9.17, 15) is 4.79 Å². The van der Waals surface area contributed by atoms with E-state index in [1.807, 2.05) is 17.0 Å². The van der Waals surface area contributed by atoms with E-state index < -0.39 is 0 Å². The van der Waals surface area contributed by atoms with Crippen molar-refractivity contribution in [1.29, 1.82) is 0 Å². The van der Waals surface area contributed by atoms with Crippen LogP contribution in [0.25, 0.3) is 0 Å². The maximum Gasteiger partial charge on any atom is 0.323 e. The molecule has 1 aliphatic rings. The van der Waals surface area contributed by atoms with Gasteiger partial charge in [-0.15, -0.1) is 5.10 Å². The van der Waals surface area contributed by atoms with E-state index in [0.717, 1.165) is 43.6 Å². The standard InChI is InChI=1S/C18H26N4O3/c1-4-13-9-10-15(25-13)14-8-6-5-7-11-22(14)18(23)19-16-12-17(24-3)20-21(16)2/h9-10,12,14H,4-8,11H2,1-3H3,(H,19,23). The minimum Gasteiger partial charge on any atom is -0.480 e. The van der Waals surface area contributed by atoms with Gasteiger partial charge in [-0.1, -0.05) is 19.8 Å². The van der Waals surface area contributed by atoms with Crippen LogP contribution in [0, 0.1) is 0 Å². The second-order valence-electron chi connectivity index (χ2n) is 6.34. The molecule has 2 aromatic rings. The first-order valence-corrected chi connectivity index (χ1v) is 8.86. The Balaban J connectivity index is 1.80. The first-order chi connectivity index (χ1) is 12.1. The average molecular weight is 346 g/mol. The maximum atomic E-state index is 12.9. The van der Waals surface area contributed by atoms with Crippen LogP contribution in [-0.4, -0.2) is 34.4 Å². The highest BCUT2D eigenvalue weighted by Gasteiger charge is 2.29. The number of anilines is 1. The number of carbonyl (C=O) groups is 1. The van der Waals surface area contributed by atoms with Crippen molar-refractivity contribution in [2.45, 2.75) is 45.1 Å². The smallest absolute Gasteiger partial charge is 0.323 e. The number of hydrogen-bond donors (Lipinski definition) is 1. The molecule has 0 aromatic carbocycles. The van der Waals surface area contributed by atoms with Crippen molar-refractivity contribution in [1.82, 2.24) is 14.7 Å². The molecule has 2 amide bonds. The molecular weight excluding hydrogens is 320 g/mol. The number of methoxy groups -OCH3 is 1. The SMILES string of the molecule is CCc1ccc(C2CCCCCN2C(=O)Nc2cc(OC)nn2C)o1. The molecule has 1 saturated heterocycles. The van der Waals surface area contributed by atoms with Crippen LogP contribution in [-0.2, 0) is 13.5 Å². The first kappa shape index (κ1) is 17.4. The molecule has 7 heteroatoms. The third-order valence-electron chi connectivity index (χ3n) is 4.67. The van der Waals surface area contributed by atoms with Gasteiger partial charge in [-0.05, 0) is 25.0 Å². The summed E-state index contributed by atoms with van der Waals surface area (Å²) in [5, 5.41) is 7.13. The predicted molar refractivity (Wildman–Crippen MR) is 94.8 cm³/mol. The van der Waals surface area contributed by atoms with Crippen LogP contribution in [0.1, 0.15) is 50.2 Å². The molecule has 0 bridgehead atoms. The third-order valence-corrected chi connectivity index (χ3v) is 4.67. The second-order valence-corrected chi connectivity index (χ2v) is 6.34. The van der Waals surface area contributed by atoms with E-state index in [1.54, 1.807) is 24.9 Å². The van der Waals surface area contributed by atoms with Crippen LogP contribution in [0.2, 0.25) is 0 Å². The number of hydrogen-bond acceptors (Lipinski definition) is 4. The van der Waals surface area contributed by atoms with Gasteiger partial charge in [0.25, 0.3) is 0 Å². The molecule has 1 unspecified atom stereocenters. The number of nitrogens with zero attached hydrogens (tertiary/aromatic N) is 3. The van der Waals surface area contributed by atoms with E-state index >= 15 is 0 Å². The Hall–Kier alpha value is -2.44. The number of urea groups is 1. The van der Waals surface area contributed by atoms with Gasteiger partial charge >= 0.3 is 6.03 Å². The fourth-order valence-electron chi connectivity index (χ4n) is 3.25. The quantitative estimate of drug-likeness (QED) is 0.915. The van der Waals surface area contributed by atoms with Gasteiger partial charge in [-0.2, -0.15) is 0 Å². The normalized spacial score (nSPS) is 18.0. The zero-order valence-electron chi connectivity index (χ0n) is 15.1. The number of furan rings is 1. The monoisotopic (exact) mass is 346 g/mol. The number of rotatable bonds is 4. The van der Waals surface area contributed by atoms with Crippen molar-refractivity contribution in [3.8, 4) is 5.88 Å². The highest BCUT2D eigenvalue weighted by atomic mass is 16.5. The van der Waals surface area contributed by atoms with Crippen LogP contribution in [0.3, 0.4) is 0 Å². The largest absolute Gasteiger partial charge is 0.480 e. The minimum atomic E-state index is -0.132. The van der Waals surface area contributed by atoms with Crippen LogP contribution < -0.4 is 10.1 Å². The molecule has 2 aromatic heterocycles. The topological polar surface area (TPSA) is 72.5 Å². The van der Waals surface area contributed by atoms with Crippen molar-refractivity contribution in [3.05, 3.63) is 29.7 Å². The predicted octanol–water partition coefficient (Wildman–Crippen LogP) is 3.73. The molecule has 136 valence electrons. The molecule has 0 spiro atoms. The molecule has 25 heavy (non-hydrogen) atoms. The maximum absolute atomic E-state index is 12.9. The molecule has 0 aliphatic carbocycles. The molecule has 1 atom stereocenters. The molecule has 3 rings (SSSR count). The lowest BCUT2D eigenvalue weighted by Crippen LogP contribution is -2.38. The molecule has 3 heterocycles. The molecule has 1 aliphatic heterocycles. The number of aromatic nitrogens is 2. The van der Waals surface area contributed by atoms with Crippen molar-refractivity contribution < 1.29 is 13.9 Å². The van der Waals surface area contributed by atoms with Gasteiger partial charge in [0.15, 0.2) is 0 Å². The third kappa shape index (κ3) is 3.81. The zero-order chi connectivity index (χ0) is 17.8. The van der Waals surface area contributed by atoms with Gasteiger partial charge in [0, 0.05) is 26.1 Å². The molecular formula is C18H26N4O3. The Morgan fingerprint density at radius 3 is 2.92 bits per heavy atom. The Labute approximate surface area is 147 Å². The van der Waals surface area contributed by atoms with Gasteiger partial charge < -0.3 is 14.1 Å². The number of ether oxygens (including phenoxy) is 1. The fourth-order valence-corrected chi connectivity index (χ4v) is 3.25. The summed E-state index contributed by atoms with van der Waals surface area (Å²) in [6.45, 7) is 2.78. The number of aryl methyl sites for hydroxylation is 2. The highest BCUT2D eigenvalue weighted by molar-refractivity contribution is 5.88. The number of amides is 2. The van der Waals surface area contributed by atoms with Crippen molar-refractivity contribution >= 4 is 11.8 Å². The number of likely N-dealkylation sites (tertiary alicyclic amines) is 1. The van der Waals surface area contributed by atoms with Crippen molar-refractivity contribution in [2.75, 3.05) is 19.0 Å². The van der Waals surface area contributed by atoms with E-state index in [4.69, 9.17) is 9.15 Å². The lowest BCUT2D eigenvalue weighted by molar-refractivity contribution is 0.178. The number of nitrogens with one attached hydrogen (secondary N) is 1. The van der Waals surface area contributed by atoms with E-state index in [0.29, 0.717) is 18.2 Å². The van der Waals surface area contributed by atoms with Crippen LogP contribution in [0.4, 0.5) is 10.6 Å².